The van der Waals surface area contributed by atoms with Crippen LogP contribution in [0.2, 0.25) is 0 Å². The maximum absolute atomic E-state index is 11.7. The van der Waals surface area contributed by atoms with Crippen molar-refractivity contribution in [1.82, 2.24) is 14.1 Å². The van der Waals surface area contributed by atoms with E-state index in [4.69, 9.17) is 0 Å². The van der Waals surface area contributed by atoms with Gasteiger partial charge in [0.25, 0.3) is 0 Å². The number of sulfonamides is 1. The summed E-state index contributed by atoms with van der Waals surface area (Å²) in [5, 5.41) is 4.14. The van der Waals surface area contributed by atoms with Crippen molar-refractivity contribution in [3.63, 3.8) is 0 Å². The van der Waals surface area contributed by atoms with Crippen molar-refractivity contribution in [2.75, 3.05) is 12.8 Å². The van der Waals surface area contributed by atoms with E-state index in [0.29, 0.717) is 6.54 Å². The predicted molar refractivity (Wildman–Crippen MR) is 66.0 cm³/mol. The second-order valence-corrected chi connectivity index (χ2v) is 6.52. The van der Waals surface area contributed by atoms with Gasteiger partial charge in [-0.3, -0.25) is 4.68 Å². The lowest BCUT2D eigenvalue weighted by Crippen LogP contribution is -2.43. The molecule has 5 nitrogen and oxygen atoms in total. The lowest BCUT2D eigenvalue weighted by Gasteiger charge is -2.33. The minimum atomic E-state index is -3.06. The monoisotopic (exact) mass is 257 g/mol. The molecular weight excluding hydrogens is 238 g/mol. The SMILES string of the molecule is CS(=O)(=O)N1CCCC[C@@H]1CCn1cccn1. The van der Waals surface area contributed by atoms with Gasteiger partial charge >= 0.3 is 0 Å². The molecule has 6 heteroatoms. The van der Waals surface area contributed by atoms with Gasteiger partial charge in [0.05, 0.1) is 6.26 Å². The first-order chi connectivity index (χ1) is 8.07. The highest BCUT2D eigenvalue weighted by Crippen LogP contribution is 2.22. The molecule has 17 heavy (non-hydrogen) atoms. The molecule has 1 aliphatic rings. The number of hydrogen-bond acceptors (Lipinski definition) is 3. The topological polar surface area (TPSA) is 55.2 Å². The average molecular weight is 257 g/mol. The molecule has 0 radical (unpaired) electrons. The Morgan fingerprint density at radius 2 is 2.24 bits per heavy atom. The van der Waals surface area contributed by atoms with Crippen molar-refractivity contribution in [2.45, 2.75) is 38.3 Å². The van der Waals surface area contributed by atoms with E-state index in [-0.39, 0.29) is 6.04 Å². The lowest BCUT2D eigenvalue weighted by molar-refractivity contribution is 0.233. The molecule has 96 valence electrons. The highest BCUT2D eigenvalue weighted by atomic mass is 32.2. The number of hydrogen-bond donors (Lipinski definition) is 0. The molecule has 0 saturated carbocycles. The maximum Gasteiger partial charge on any atom is 0.211 e. The normalized spacial score (nSPS) is 22.8. The van der Waals surface area contributed by atoms with E-state index in [1.807, 2.05) is 16.9 Å². The third-order valence-electron chi connectivity index (χ3n) is 3.25. The van der Waals surface area contributed by atoms with Gasteiger partial charge in [-0.15, -0.1) is 0 Å². The molecule has 0 N–H and O–H groups in total. The van der Waals surface area contributed by atoms with Crippen LogP contribution >= 0.6 is 0 Å². The summed E-state index contributed by atoms with van der Waals surface area (Å²) in [5.41, 5.74) is 0. The third-order valence-corrected chi connectivity index (χ3v) is 4.58. The van der Waals surface area contributed by atoms with E-state index < -0.39 is 10.0 Å². The highest BCUT2D eigenvalue weighted by molar-refractivity contribution is 7.88. The summed E-state index contributed by atoms with van der Waals surface area (Å²) in [6, 6.07) is 2.03. The Morgan fingerprint density at radius 3 is 2.88 bits per heavy atom. The summed E-state index contributed by atoms with van der Waals surface area (Å²) >= 11 is 0. The van der Waals surface area contributed by atoms with Crippen LogP contribution in [0.3, 0.4) is 0 Å². The highest BCUT2D eigenvalue weighted by Gasteiger charge is 2.28. The second-order valence-electron chi connectivity index (χ2n) is 4.58. The van der Waals surface area contributed by atoms with Gasteiger partial charge in [-0.1, -0.05) is 6.42 Å². The Morgan fingerprint density at radius 1 is 1.41 bits per heavy atom. The first kappa shape index (κ1) is 12.6. The van der Waals surface area contributed by atoms with Gasteiger partial charge in [-0.2, -0.15) is 9.40 Å². The van der Waals surface area contributed by atoms with Crippen molar-refractivity contribution in [3.8, 4) is 0 Å². The molecule has 0 amide bonds. The van der Waals surface area contributed by atoms with Gasteiger partial charge in [0.2, 0.25) is 10.0 Å². The van der Waals surface area contributed by atoms with Crippen molar-refractivity contribution in [2.24, 2.45) is 0 Å². The van der Waals surface area contributed by atoms with Gasteiger partial charge in [-0.05, 0) is 25.3 Å². The zero-order valence-electron chi connectivity index (χ0n) is 10.1. The minimum Gasteiger partial charge on any atom is -0.273 e. The Bertz CT molecular complexity index is 441. The van der Waals surface area contributed by atoms with Crippen LogP contribution in [0.4, 0.5) is 0 Å². The van der Waals surface area contributed by atoms with Crippen LogP contribution in [0.25, 0.3) is 0 Å². The predicted octanol–water partition coefficient (Wildman–Crippen LogP) is 1.09. The number of aromatic nitrogens is 2. The Kier molecular flexibility index (Phi) is 3.83. The van der Waals surface area contributed by atoms with Gasteiger partial charge in [0, 0.05) is 31.5 Å². The first-order valence-corrected chi connectivity index (χ1v) is 7.86. The summed E-state index contributed by atoms with van der Waals surface area (Å²) in [7, 11) is -3.06. The van der Waals surface area contributed by atoms with E-state index in [9.17, 15) is 8.42 Å². The minimum absolute atomic E-state index is 0.142. The molecule has 0 spiro atoms. The summed E-state index contributed by atoms with van der Waals surface area (Å²) in [4.78, 5) is 0. The van der Waals surface area contributed by atoms with Crippen molar-refractivity contribution >= 4 is 10.0 Å². The van der Waals surface area contributed by atoms with E-state index in [1.165, 1.54) is 6.26 Å². The van der Waals surface area contributed by atoms with E-state index in [1.54, 1.807) is 10.5 Å². The summed E-state index contributed by atoms with van der Waals surface area (Å²) in [5.74, 6) is 0. The van der Waals surface area contributed by atoms with Crippen LogP contribution in [0.1, 0.15) is 25.7 Å². The van der Waals surface area contributed by atoms with E-state index in [2.05, 4.69) is 5.10 Å². The van der Waals surface area contributed by atoms with Gasteiger partial charge in [0.15, 0.2) is 0 Å². The molecule has 0 aromatic carbocycles. The van der Waals surface area contributed by atoms with Crippen molar-refractivity contribution in [1.29, 1.82) is 0 Å². The number of rotatable bonds is 4. The molecule has 1 aliphatic heterocycles. The maximum atomic E-state index is 11.7. The Hall–Kier alpha value is -0.880. The average Bonchev–Trinajstić information content (AvgIpc) is 2.78. The van der Waals surface area contributed by atoms with Crippen LogP contribution in [-0.4, -0.2) is 41.3 Å². The van der Waals surface area contributed by atoms with Gasteiger partial charge in [-0.25, -0.2) is 8.42 Å². The molecule has 2 rings (SSSR count). The second kappa shape index (κ2) is 5.18. The van der Waals surface area contributed by atoms with Crippen molar-refractivity contribution < 1.29 is 8.42 Å². The summed E-state index contributed by atoms with van der Waals surface area (Å²) in [6.07, 6.45) is 8.87. The fourth-order valence-corrected chi connectivity index (χ4v) is 3.63. The Labute approximate surface area is 102 Å². The number of aryl methyl sites for hydroxylation is 1. The molecule has 0 aliphatic carbocycles. The van der Waals surface area contributed by atoms with Crippen LogP contribution in [0, 0.1) is 0 Å². The lowest BCUT2D eigenvalue weighted by atomic mass is 10.0. The van der Waals surface area contributed by atoms with Crippen LogP contribution in [0.5, 0.6) is 0 Å². The molecule has 1 aromatic rings. The Balaban J connectivity index is 1.97. The molecule has 2 heterocycles. The smallest absolute Gasteiger partial charge is 0.211 e. The van der Waals surface area contributed by atoms with E-state index >= 15 is 0 Å². The van der Waals surface area contributed by atoms with Crippen LogP contribution in [-0.2, 0) is 16.6 Å². The number of piperidine rings is 1. The fraction of sp³-hybridized carbons (Fsp3) is 0.727. The quantitative estimate of drug-likeness (QED) is 0.811. The zero-order chi connectivity index (χ0) is 12.3. The molecule has 1 atom stereocenters. The third kappa shape index (κ3) is 3.29. The van der Waals surface area contributed by atoms with Gasteiger partial charge < -0.3 is 0 Å². The molecule has 1 fully saturated rings. The van der Waals surface area contributed by atoms with Crippen LogP contribution in [0.15, 0.2) is 18.5 Å². The largest absolute Gasteiger partial charge is 0.273 e. The molecular formula is C11H19N3O2S. The van der Waals surface area contributed by atoms with Crippen LogP contribution < -0.4 is 0 Å². The molecule has 0 unspecified atom stereocenters. The molecule has 0 bridgehead atoms. The zero-order valence-corrected chi connectivity index (χ0v) is 10.9. The van der Waals surface area contributed by atoms with E-state index in [0.717, 1.165) is 32.2 Å². The molecule has 1 aromatic heterocycles. The summed E-state index contributed by atoms with van der Waals surface area (Å²) < 4.78 is 26.8. The first-order valence-electron chi connectivity index (χ1n) is 6.01. The summed E-state index contributed by atoms with van der Waals surface area (Å²) in [6.45, 7) is 1.45. The standard InChI is InChI=1S/C11H19N3O2S/c1-17(15,16)14-9-3-2-5-11(14)6-10-13-8-4-7-12-13/h4,7-8,11H,2-3,5-6,9-10H2,1H3/t11-/m1/s1. The van der Waals surface area contributed by atoms with Crippen molar-refractivity contribution in [3.05, 3.63) is 18.5 Å². The number of nitrogens with zero attached hydrogens (tertiary/aromatic N) is 3. The van der Waals surface area contributed by atoms with Gasteiger partial charge in [0.1, 0.15) is 0 Å². The molecule has 1 saturated heterocycles. The fourth-order valence-electron chi connectivity index (χ4n) is 2.41.